The van der Waals surface area contributed by atoms with Crippen molar-refractivity contribution in [3.63, 3.8) is 0 Å². The highest BCUT2D eigenvalue weighted by molar-refractivity contribution is 5.93. The van der Waals surface area contributed by atoms with Crippen molar-refractivity contribution in [2.45, 2.75) is 19.8 Å². The maximum Gasteiger partial charge on any atom is 0.156 e. The Bertz CT molecular complexity index is 175. The van der Waals surface area contributed by atoms with Crippen molar-refractivity contribution in [2.75, 3.05) is 0 Å². The number of carbonyl (C=O) groups excluding carboxylic acids is 1. The topological polar surface area (TPSA) is 17.1 Å². The van der Waals surface area contributed by atoms with Gasteiger partial charge in [-0.25, -0.2) is 0 Å². The molecule has 0 heterocycles. The van der Waals surface area contributed by atoms with E-state index in [-0.39, 0.29) is 5.78 Å². The van der Waals surface area contributed by atoms with Crippen LogP contribution in [0.5, 0.6) is 0 Å². The summed E-state index contributed by atoms with van der Waals surface area (Å²) in [4.78, 5) is 10.6. The standard InChI is InChI=1S/C8H10O/c1-2-3-7-4-5-8(9)6-7/h2-3,6H,4-5H2,1H3. The lowest BCUT2D eigenvalue weighted by atomic mass is 10.2. The van der Waals surface area contributed by atoms with Gasteiger partial charge in [-0.05, 0) is 25.0 Å². The molecule has 9 heavy (non-hydrogen) atoms. The molecule has 0 atom stereocenters. The minimum atomic E-state index is 0.267. The van der Waals surface area contributed by atoms with E-state index in [1.165, 1.54) is 5.57 Å². The maximum absolute atomic E-state index is 10.6. The van der Waals surface area contributed by atoms with Crippen LogP contribution in [0.2, 0.25) is 0 Å². The largest absolute Gasteiger partial charge is 0.295 e. The summed E-state index contributed by atoms with van der Waals surface area (Å²) < 4.78 is 0. The Morgan fingerprint density at radius 1 is 1.56 bits per heavy atom. The summed E-state index contributed by atoms with van der Waals surface area (Å²) in [5, 5.41) is 0. The molecule has 0 saturated heterocycles. The van der Waals surface area contributed by atoms with Crippen molar-refractivity contribution in [2.24, 2.45) is 0 Å². The van der Waals surface area contributed by atoms with Crippen LogP contribution in [0.3, 0.4) is 0 Å². The molecule has 1 nitrogen and oxygen atoms in total. The Morgan fingerprint density at radius 2 is 2.33 bits per heavy atom. The molecular weight excluding hydrogens is 112 g/mol. The monoisotopic (exact) mass is 122 g/mol. The van der Waals surface area contributed by atoms with E-state index in [9.17, 15) is 4.79 Å². The molecule has 0 bridgehead atoms. The highest BCUT2D eigenvalue weighted by Crippen LogP contribution is 2.15. The second-order valence-electron chi connectivity index (χ2n) is 2.19. The van der Waals surface area contributed by atoms with Crippen LogP contribution >= 0.6 is 0 Å². The minimum Gasteiger partial charge on any atom is -0.295 e. The maximum atomic E-state index is 10.6. The second kappa shape index (κ2) is 2.62. The zero-order chi connectivity index (χ0) is 6.69. The van der Waals surface area contributed by atoms with Gasteiger partial charge in [0, 0.05) is 6.42 Å². The number of allylic oxidation sites excluding steroid dienone is 4. The molecule has 0 aromatic heterocycles. The first-order valence-electron chi connectivity index (χ1n) is 3.19. The number of carbonyl (C=O) groups is 1. The van der Waals surface area contributed by atoms with Crippen molar-refractivity contribution in [1.82, 2.24) is 0 Å². The zero-order valence-corrected chi connectivity index (χ0v) is 5.55. The second-order valence-corrected chi connectivity index (χ2v) is 2.19. The molecule has 0 aromatic rings. The van der Waals surface area contributed by atoms with E-state index in [4.69, 9.17) is 0 Å². The first kappa shape index (κ1) is 6.27. The normalized spacial score (nSPS) is 19.2. The Kier molecular flexibility index (Phi) is 1.83. The lowest BCUT2D eigenvalue weighted by molar-refractivity contribution is -0.114. The third-order valence-electron chi connectivity index (χ3n) is 1.39. The highest BCUT2D eigenvalue weighted by Gasteiger charge is 2.07. The van der Waals surface area contributed by atoms with E-state index in [1.807, 2.05) is 19.1 Å². The Hall–Kier alpha value is -0.850. The molecule has 1 heteroatoms. The lowest BCUT2D eigenvalue weighted by Crippen LogP contribution is -1.80. The van der Waals surface area contributed by atoms with Gasteiger partial charge in [-0.15, -0.1) is 0 Å². The summed E-state index contributed by atoms with van der Waals surface area (Å²) in [6.07, 6.45) is 7.32. The van der Waals surface area contributed by atoms with Crippen molar-refractivity contribution < 1.29 is 4.79 Å². The first-order valence-corrected chi connectivity index (χ1v) is 3.19. The molecule has 0 unspecified atom stereocenters. The molecule has 48 valence electrons. The van der Waals surface area contributed by atoms with Crippen molar-refractivity contribution >= 4 is 5.78 Å². The third-order valence-corrected chi connectivity index (χ3v) is 1.39. The van der Waals surface area contributed by atoms with Gasteiger partial charge < -0.3 is 0 Å². The number of hydrogen-bond acceptors (Lipinski definition) is 1. The summed E-state index contributed by atoms with van der Waals surface area (Å²) in [6.45, 7) is 1.96. The van der Waals surface area contributed by atoms with E-state index >= 15 is 0 Å². The van der Waals surface area contributed by atoms with E-state index in [2.05, 4.69) is 0 Å². The molecule has 1 rings (SSSR count). The van der Waals surface area contributed by atoms with Crippen LogP contribution in [-0.2, 0) is 4.79 Å². The molecule has 0 N–H and O–H groups in total. The van der Waals surface area contributed by atoms with Gasteiger partial charge in [0.25, 0.3) is 0 Å². The fraction of sp³-hybridized carbons (Fsp3) is 0.375. The summed E-state index contributed by atoms with van der Waals surface area (Å²) >= 11 is 0. The van der Waals surface area contributed by atoms with Crippen molar-refractivity contribution in [1.29, 1.82) is 0 Å². The van der Waals surface area contributed by atoms with Crippen LogP contribution in [0.1, 0.15) is 19.8 Å². The highest BCUT2D eigenvalue weighted by atomic mass is 16.1. The van der Waals surface area contributed by atoms with Gasteiger partial charge in [-0.2, -0.15) is 0 Å². The SMILES string of the molecule is CC=CC1=CC(=O)CC1. The van der Waals surface area contributed by atoms with Crippen molar-refractivity contribution in [3.05, 3.63) is 23.8 Å². The quantitative estimate of drug-likeness (QED) is 0.518. The van der Waals surface area contributed by atoms with Gasteiger partial charge in [0.2, 0.25) is 0 Å². The van der Waals surface area contributed by atoms with Gasteiger partial charge in [0.15, 0.2) is 5.78 Å². The average Bonchev–Trinajstić information content (AvgIpc) is 2.17. The van der Waals surface area contributed by atoms with E-state index in [0.29, 0.717) is 6.42 Å². The van der Waals surface area contributed by atoms with Crippen LogP contribution < -0.4 is 0 Å². The molecule has 0 aromatic carbocycles. The predicted molar refractivity (Wildman–Crippen MR) is 37.1 cm³/mol. The summed E-state index contributed by atoms with van der Waals surface area (Å²) in [5.74, 6) is 0.267. The molecule has 0 amide bonds. The first-order chi connectivity index (χ1) is 4.33. The Morgan fingerprint density at radius 3 is 2.78 bits per heavy atom. The third kappa shape index (κ3) is 1.53. The minimum absolute atomic E-state index is 0.267. The Balaban J connectivity index is 2.62. The molecule has 0 fully saturated rings. The summed E-state index contributed by atoms with van der Waals surface area (Å²) in [7, 11) is 0. The van der Waals surface area contributed by atoms with E-state index in [1.54, 1.807) is 6.08 Å². The van der Waals surface area contributed by atoms with Gasteiger partial charge in [0.05, 0.1) is 0 Å². The van der Waals surface area contributed by atoms with Crippen molar-refractivity contribution in [3.8, 4) is 0 Å². The predicted octanol–water partition coefficient (Wildman–Crippen LogP) is 1.85. The fourth-order valence-electron chi connectivity index (χ4n) is 0.964. The van der Waals surface area contributed by atoms with E-state index < -0.39 is 0 Å². The molecule has 1 aliphatic rings. The van der Waals surface area contributed by atoms with Gasteiger partial charge in [-0.1, -0.05) is 12.2 Å². The van der Waals surface area contributed by atoms with Crippen LogP contribution in [0.25, 0.3) is 0 Å². The number of rotatable bonds is 1. The van der Waals surface area contributed by atoms with Crippen LogP contribution in [0.4, 0.5) is 0 Å². The summed E-state index contributed by atoms with van der Waals surface area (Å²) in [5.41, 5.74) is 1.17. The van der Waals surface area contributed by atoms with Gasteiger partial charge >= 0.3 is 0 Å². The van der Waals surface area contributed by atoms with Gasteiger partial charge in [-0.3, -0.25) is 4.79 Å². The number of hydrogen-bond donors (Lipinski definition) is 0. The smallest absolute Gasteiger partial charge is 0.156 e. The van der Waals surface area contributed by atoms with E-state index in [0.717, 1.165) is 6.42 Å². The molecule has 0 aliphatic heterocycles. The molecular formula is C8H10O. The molecule has 0 radical (unpaired) electrons. The Labute approximate surface area is 55.1 Å². The van der Waals surface area contributed by atoms with Crippen LogP contribution in [0, 0.1) is 0 Å². The van der Waals surface area contributed by atoms with Gasteiger partial charge in [0.1, 0.15) is 0 Å². The molecule has 0 saturated carbocycles. The fourth-order valence-corrected chi connectivity index (χ4v) is 0.964. The zero-order valence-electron chi connectivity index (χ0n) is 5.55. The molecule has 0 spiro atoms. The molecule has 1 aliphatic carbocycles. The summed E-state index contributed by atoms with van der Waals surface area (Å²) in [6, 6.07) is 0. The number of ketones is 1. The average molecular weight is 122 g/mol. The van der Waals surface area contributed by atoms with Crippen LogP contribution in [0.15, 0.2) is 23.8 Å². The lowest BCUT2D eigenvalue weighted by Gasteiger charge is -1.84. The van der Waals surface area contributed by atoms with Crippen LogP contribution in [-0.4, -0.2) is 5.78 Å².